The van der Waals surface area contributed by atoms with Crippen LogP contribution in [0.5, 0.6) is 5.75 Å². The Bertz CT molecular complexity index is 388. The number of alkyl halides is 1. The fraction of sp³-hybridized carbons (Fsp3) is 0.571. The average molecular weight is 349 g/mol. The van der Waals surface area contributed by atoms with Gasteiger partial charge in [-0.2, -0.15) is 0 Å². The van der Waals surface area contributed by atoms with Crippen molar-refractivity contribution in [2.24, 2.45) is 0 Å². The highest BCUT2D eigenvalue weighted by atomic mass is 79.9. The first kappa shape index (κ1) is 15.1. The summed E-state index contributed by atoms with van der Waals surface area (Å²) in [6, 6.07) is 8.32. The second kappa shape index (κ2) is 7.48. The highest BCUT2D eigenvalue weighted by molar-refractivity contribution is 9.10. The van der Waals surface area contributed by atoms with Crippen LogP contribution in [-0.4, -0.2) is 49.2 Å². The first-order valence-electron chi connectivity index (χ1n) is 6.49. The predicted molar refractivity (Wildman–Crippen MR) is 81.1 cm³/mol. The summed E-state index contributed by atoms with van der Waals surface area (Å²) in [5.41, 5.74) is 0. The first-order chi connectivity index (χ1) is 9.19. The molecule has 1 aliphatic rings. The third-order valence-electron chi connectivity index (χ3n) is 3.27. The van der Waals surface area contributed by atoms with Gasteiger partial charge in [0.15, 0.2) is 0 Å². The largest absolute Gasteiger partial charge is 0.492 e. The Labute approximate surface area is 128 Å². The van der Waals surface area contributed by atoms with Crippen molar-refractivity contribution in [3.63, 3.8) is 0 Å². The van der Waals surface area contributed by atoms with Gasteiger partial charge in [-0.25, -0.2) is 0 Å². The fourth-order valence-electron chi connectivity index (χ4n) is 2.09. The van der Waals surface area contributed by atoms with E-state index < -0.39 is 0 Å². The van der Waals surface area contributed by atoms with Gasteiger partial charge in [0.1, 0.15) is 12.4 Å². The van der Waals surface area contributed by atoms with Gasteiger partial charge >= 0.3 is 0 Å². The molecular weight excluding hydrogens is 330 g/mol. The Balaban J connectivity index is 1.76. The standard InChI is InChI=1S/C14H19BrClNO2/c1-11-10-19-14(8-16)9-17(11)6-7-18-13-4-2-12(15)3-5-13/h2-5,11,14H,6-10H2,1H3. The van der Waals surface area contributed by atoms with Crippen LogP contribution in [0.15, 0.2) is 28.7 Å². The molecule has 1 fully saturated rings. The smallest absolute Gasteiger partial charge is 0.119 e. The number of hydrogen-bond donors (Lipinski definition) is 0. The van der Waals surface area contributed by atoms with Gasteiger partial charge in [0, 0.05) is 29.5 Å². The summed E-state index contributed by atoms with van der Waals surface area (Å²) in [4.78, 5) is 2.37. The summed E-state index contributed by atoms with van der Waals surface area (Å²) in [5, 5.41) is 0. The minimum absolute atomic E-state index is 0.144. The Kier molecular flexibility index (Phi) is 5.95. The lowest BCUT2D eigenvalue weighted by molar-refractivity contribution is -0.0506. The molecule has 1 aliphatic heterocycles. The SMILES string of the molecule is CC1COC(CCl)CN1CCOc1ccc(Br)cc1. The number of ether oxygens (including phenoxy) is 2. The van der Waals surface area contributed by atoms with E-state index in [4.69, 9.17) is 21.1 Å². The van der Waals surface area contributed by atoms with E-state index in [2.05, 4.69) is 27.8 Å². The van der Waals surface area contributed by atoms with E-state index in [0.29, 0.717) is 18.5 Å². The first-order valence-corrected chi connectivity index (χ1v) is 7.82. The van der Waals surface area contributed by atoms with Crippen LogP contribution >= 0.6 is 27.5 Å². The van der Waals surface area contributed by atoms with E-state index in [0.717, 1.165) is 29.9 Å². The van der Waals surface area contributed by atoms with Crippen molar-refractivity contribution >= 4 is 27.5 Å². The lowest BCUT2D eigenvalue weighted by atomic mass is 10.2. The molecule has 0 aromatic heterocycles. The maximum Gasteiger partial charge on any atom is 0.119 e. The number of morpholine rings is 1. The summed E-state index contributed by atoms with van der Waals surface area (Å²) < 4.78 is 12.4. The van der Waals surface area contributed by atoms with Crippen molar-refractivity contribution < 1.29 is 9.47 Å². The number of benzene rings is 1. The second-order valence-corrected chi connectivity index (χ2v) is 5.98. The molecule has 2 rings (SSSR count). The summed E-state index contributed by atoms with van der Waals surface area (Å²) in [6.07, 6.45) is 0.144. The molecule has 3 nitrogen and oxygen atoms in total. The van der Waals surface area contributed by atoms with E-state index in [1.54, 1.807) is 0 Å². The molecule has 0 bridgehead atoms. The third-order valence-corrected chi connectivity index (χ3v) is 4.14. The van der Waals surface area contributed by atoms with Gasteiger partial charge in [-0.15, -0.1) is 11.6 Å². The van der Waals surface area contributed by atoms with Gasteiger partial charge in [0.2, 0.25) is 0 Å². The summed E-state index contributed by atoms with van der Waals surface area (Å²) in [6.45, 7) is 5.38. The summed E-state index contributed by atoms with van der Waals surface area (Å²) >= 11 is 9.26. The van der Waals surface area contributed by atoms with Crippen molar-refractivity contribution in [2.45, 2.75) is 19.1 Å². The molecule has 1 heterocycles. The zero-order valence-corrected chi connectivity index (χ0v) is 13.4. The minimum atomic E-state index is 0.144. The van der Waals surface area contributed by atoms with E-state index >= 15 is 0 Å². The Morgan fingerprint density at radius 2 is 2.16 bits per heavy atom. The van der Waals surface area contributed by atoms with E-state index in [9.17, 15) is 0 Å². The van der Waals surface area contributed by atoms with Crippen LogP contribution in [0, 0.1) is 0 Å². The van der Waals surface area contributed by atoms with Crippen molar-refractivity contribution in [2.75, 3.05) is 32.2 Å². The van der Waals surface area contributed by atoms with E-state index in [1.807, 2.05) is 24.3 Å². The molecule has 1 aromatic carbocycles. The van der Waals surface area contributed by atoms with Crippen LogP contribution in [0.2, 0.25) is 0 Å². The third kappa shape index (κ3) is 4.63. The van der Waals surface area contributed by atoms with Crippen molar-refractivity contribution in [3.8, 4) is 5.75 Å². The van der Waals surface area contributed by atoms with Crippen LogP contribution in [0.25, 0.3) is 0 Å². The molecule has 0 saturated carbocycles. The molecular formula is C14H19BrClNO2. The van der Waals surface area contributed by atoms with Gasteiger partial charge in [-0.1, -0.05) is 15.9 Å². The molecule has 5 heteroatoms. The van der Waals surface area contributed by atoms with Crippen LogP contribution in [0.4, 0.5) is 0 Å². The number of hydrogen-bond acceptors (Lipinski definition) is 3. The maximum atomic E-state index is 5.85. The quantitative estimate of drug-likeness (QED) is 0.763. The Hall–Kier alpha value is -0.290. The second-order valence-electron chi connectivity index (χ2n) is 4.76. The number of nitrogens with zero attached hydrogens (tertiary/aromatic N) is 1. The molecule has 0 N–H and O–H groups in total. The number of rotatable bonds is 5. The van der Waals surface area contributed by atoms with Crippen LogP contribution in [-0.2, 0) is 4.74 Å². The molecule has 0 amide bonds. The Morgan fingerprint density at radius 1 is 1.42 bits per heavy atom. The molecule has 19 heavy (non-hydrogen) atoms. The molecule has 0 radical (unpaired) electrons. The summed E-state index contributed by atoms with van der Waals surface area (Å²) in [7, 11) is 0. The minimum Gasteiger partial charge on any atom is -0.492 e. The van der Waals surface area contributed by atoms with Crippen LogP contribution < -0.4 is 4.74 Å². The maximum absolute atomic E-state index is 5.85. The van der Waals surface area contributed by atoms with Crippen LogP contribution in [0.1, 0.15) is 6.92 Å². The van der Waals surface area contributed by atoms with Crippen molar-refractivity contribution in [1.29, 1.82) is 0 Å². The van der Waals surface area contributed by atoms with Crippen molar-refractivity contribution in [3.05, 3.63) is 28.7 Å². The molecule has 1 saturated heterocycles. The van der Waals surface area contributed by atoms with Crippen LogP contribution in [0.3, 0.4) is 0 Å². The normalized spacial score (nSPS) is 24.4. The lowest BCUT2D eigenvalue weighted by Crippen LogP contribution is -2.50. The fourth-order valence-corrected chi connectivity index (χ4v) is 2.54. The van der Waals surface area contributed by atoms with Gasteiger partial charge in [0.05, 0.1) is 12.7 Å². The predicted octanol–water partition coefficient (Wildman–Crippen LogP) is 3.16. The van der Waals surface area contributed by atoms with Crippen molar-refractivity contribution in [1.82, 2.24) is 4.90 Å². The van der Waals surface area contributed by atoms with E-state index in [-0.39, 0.29) is 6.10 Å². The average Bonchev–Trinajstić information content (AvgIpc) is 2.43. The molecule has 2 unspecified atom stereocenters. The molecule has 0 spiro atoms. The molecule has 106 valence electrons. The Morgan fingerprint density at radius 3 is 2.84 bits per heavy atom. The molecule has 0 aliphatic carbocycles. The lowest BCUT2D eigenvalue weighted by Gasteiger charge is -2.37. The number of halogens is 2. The summed E-state index contributed by atoms with van der Waals surface area (Å²) in [5.74, 6) is 1.45. The zero-order chi connectivity index (χ0) is 13.7. The monoisotopic (exact) mass is 347 g/mol. The van der Waals surface area contributed by atoms with Gasteiger partial charge in [-0.05, 0) is 31.2 Å². The van der Waals surface area contributed by atoms with Gasteiger partial charge < -0.3 is 9.47 Å². The topological polar surface area (TPSA) is 21.7 Å². The van der Waals surface area contributed by atoms with Gasteiger partial charge in [-0.3, -0.25) is 4.90 Å². The molecule has 2 atom stereocenters. The van der Waals surface area contributed by atoms with E-state index in [1.165, 1.54) is 0 Å². The highest BCUT2D eigenvalue weighted by Gasteiger charge is 2.25. The zero-order valence-electron chi connectivity index (χ0n) is 11.0. The molecule has 1 aromatic rings. The highest BCUT2D eigenvalue weighted by Crippen LogP contribution is 2.17. The van der Waals surface area contributed by atoms with Gasteiger partial charge in [0.25, 0.3) is 0 Å².